The Labute approximate surface area is 533 Å². The lowest BCUT2D eigenvalue weighted by Gasteiger charge is -2.45. The highest BCUT2D eigenvalue weighted by Gasteiger charge is 2.52. The summed E-state index contributed by atoms with van der Waals surface area (Å²) >= 11 is 0. The largest absolute Gasteiger partial charge is 0.519 e. The van der Waals surface area contributed by atoms with Crippen molar-refractivity contribution < 1.29 is 56.4 Å². The number of rotatable bonds is 26. The zero-order valence-electron chi connectivity index (χ0n) is 57.3. The van der Waals surface area contributed by atoms with Gasteiger partial charge in [-0.3, -0.25) is 0 Å². The van der Waals surface area contributed by atoms with Crippen LogP contribution in [0.4, 0.5) is 0 Å². The minimum atomic E-state index is -2.72. The number of carbonyl (C=O) groups excluding carboxylic acids is 2. The monoisotopic (exact) mass is 1260 g/mol. The van der Waals surface area contributed by atoms with Crippen molar-refractivity contribution in [3.8, 4) is 0 Å². The first-order valence-corrected chi connectivity index (χ1v) is 38.3. The van der Waals surface area contributed by atoms with Gasteiger partial charge >= 0.3 is 5.97 Å². The molecule has 12 nitrogen and oxygen atoms in total. The summed E-state index contributed by atoms with van der Waals surface area (Å²) in [6.07, 6.45) is 6.34. The molecule has 0 bridgehead atoms. The van der Waals surface area contributed by atoms with Crippen molar-refractivity contribution in [2.75, 3.05) is 26.4 Å². The van der Waals surface area contributed by atoms with Crippen LogP contribution in [0.25, 0.3) is 0 Å². The van der Waals surface area contributed by atoms with Crippen LogP contribution in [-0.4, -0.2) is 97.6 Å². The summed E-state index contributed by atoms with van der Waals surface area (Å²) in [6.45, 7) is 51.8. The predicted octanol–water partition coefficient (Wildman–Crippen LogP) is 14.6. The van der Waals surface area contributed by atoms with E-state index in [1.807, 2.05) is 78.8 Å². The Bertz CT molecular complexity index is 2880. The molecule has 6 atom stereocenters. The van der Waals surface area contributed by atoms with Gasteiger partial charge in [0.05, 0.1) is 36.1 Å². The molecule has 4 aromatic carbocycles. The molecule has 2 aliphatic heterocycles. The molecule has 0 saturated heterocycles. The van der Waals surface area contributed by atoms with Gasteiger partial charge < -0.3 is 51.6 Å². The van der Waals surface area contributed by atoms with Gasteiger partial charge in [0, 0.05) is 46.8 Å². The Morgan fingerprint density at radius 2 is 0.966 bits per heavy atom. The molecule has 0 unspecified atom stereocenters. The molecule has 0 aromatic heterocycles. The van der Waals surface area contributed by atoms with E-state index in [1.165, 1.54) is 20.7 Å². The summed E-state index contributed by atoms with van der Waals surface area (Å²) in [6, 6.07) is 42.4. The number of esters is 1. The molecular weight excluding hydrogens is 1150 g/mol. The summed E-state index contributed by atoms with van der Waals surface area (Å²) in [5, 5.41) is 16.6. The van der Waals surface area contributed by atoms with Crippen LogP contribution < -0.4 is 20.7 Å². The maximum absolute atomic E-state index is 12.5. The van der Waals surface area contributed by atoms with E-state index in [1.54, 1.807) is 32.9 Å². The smallest absolute Gasteiger partial charge is 0.340 e. The van der Waals surface area contributed by atoms with Gasteiger partial charge in [-0.2, -0.15) is 0 Å². The van der Waals surface area contributed by atoms with E-state index in [9.17, 15) is 14.7 Å². The molecule has 88 heavy (non-hydrogen) atoms. The molecule has 0 fully saturated rings. The first-order chi connectivity index (χ1) is 40.9. The third-order valence-electron chi connectivity index (χ3n) is 15.7. The van der Waals surface area contributed by atoms with E-state index in [0.717, 1.165) is 17.6 Å². The molecule has 0 spiro atoms. The molecule has 2 aliphatic rings. The lowest BCUT2D eigenvalue weighted by Crippen LogP contribution is -2.67. The zero-order chi connectivity index (χ0) is 66.2. The number of ether oxygens (including phenoxy) is 6. The van der Waals surface area contributed by atoms with E-state index in [2.05, 4.69) is 185 Å². The Hall–Kier alpha value is -5.63. The van der Waals surface area contributed by atoms with E-state index in [0.29, 0.717) is 49.9 Å². The van der Waals surface area contributed by atoms with Crippen LogP contribution in [0.3, 0.4) is 0 Å². The summed E-state index contributed by atoms with van der Waals surface area (Å²) in [7, 11) is -6.95. The summed E-state index contributed by atoms with van der Waals surface area (Å²) in [5.41, 5.74) is -0.508. The highest BCUT2D eigenvalue weighted by Crippen LogP contribution is 2.42. The number of hydrogen-bond donors (Lipinski definition) is 1. The molecule has 0 radical (unpaired) electrons. The van der Waals surface area contributed by atoms with E-state index < -0.39 is 65.7 Å². The predicted molar refractivity (Wildman–Crippen MR) is 366 cm³/mol. The molecule has 1 N–H and O–H groups in total. The maximum atomic E-state index is 12.5. The van der Waals surface area contributed by atoms with Crippen LogP contribution in [0.15, 0.2) is 181 Å². The quantitative estimate of drug-likeness (QED) is 0.0277. The maximum Gasteiger partial charge on any atom is 0.340 e. The standard InChI is InChI=1S/C35H50O6Si.C26H36O3Si.C12H22O3Si/c1-11-22-38-35(10,31(36)26(3)30-27(4)32(37)41-34(8,9)40-30)23-25(2)24-39-42(33(5,6)7,28-18-14-12-15-19-28)29-20-16-13-17-21-29;1-7-18-28-26(6,21-27)19-22(2)20-29-30(25(3,4)5,23-14-10-8-11-15-23)24-16-12-9-13-17-24;1-8-10-9(2)11(15-16(5,6)7)14-12(3,4)13-10/h11-21,25-26,31,36H,1,22-24H2,2-10H3;7-17,21-22H,1,18-20H2,2-6H3;8H,1-7H3/b;;10-8-/t25-,26+,31-,35-;22-,26-;/m11./s1. The molecule has 4 aromatic rings. The first-order valence-electron chi connectivity index (χ1n) is 31.1. The van der Waals surface area contributed by atoms with Gasteiger partial charge in [0.2, 0.25) is 19.9 Å². The zero-order valence-corrected chi connectivity index (χ0v) is 60.3. The van der Waals surface area contributed by atoms with E-state index >= 15 is 0 Å². The Balaban J connectivity index is 0.000000312. The van der Waals surface area contributed by atoms with E-state index in [-0.39, 0.29) is 28.5 Å². The fraction of sp³-hybridized carbons (Fsp3) is 0.507. The van der Waals surface area contributed by atoms with Crippen LogP contribution >= 0.6 is 0 Å². The number of aliphatic hydroxyl groups is 1. The summed E-state index contributed by atoms with van der Waals surface area (Å²) in [4.78, 5) is 24.2. The lowest BCUT2D eigenvalue weighted by atomic mass is 9.81. The van der Waals surface area contributed by atoms with Crippen LogP contribution in [0.2, 0.25) is 29.7 Å². The van der Waals surface area contributed by atoms with Gasteiger partial charge in [-0.25, -0.2) is 4.79 Å². The molecule has 484 valence electrons. The topological polar surface area (TPSA) is 137 Å². The number of aldehydes is 1. The van der Waals surface area contributed by atoms with Gasteiger partial charge in [0.1, 0.15) is 17.1 Å². The molecule has 0 amide bonds. The Morgan fingerprint density at radius 3 is 1.33 bits per heavy atom. The molecular formula is C73H108O12Si3. The molecule has 0 saturated carbocycles. The number of benzene rings is 4. The minimum absolute atomic E-state index is 0.0343. The van der Waals surface area contributed by atoms with Crippen LogP contribution in [0.1, 0.15) is 137 Å². The van der Waals surface area contributed by atoms with Crippen molar-refractivity contribution in [2.45, 2.75) is 196 Å². The Kier molecular flexibility index (Phi) is 26.7. The van der Waals surface area contributed by atoms with Crippen molar-refractivity contribution in [1.82, 2.24) is 0 Å². The van der Waals surface area contributed by atoms with Crippen molar-refractivity contribution >= 4 is 58.0 Å². The summed E-state index contributed by atoms with van der Waals surface area (Å²) < 4.78 is 55.0. The molecule has 15 heteroatoms. The fourth-order valence-electron chi connectivity index (χ4n) is 11.7. The van der Waals surface area contributed by atoms with Gasteiger partial charge in [-0.05, 0) is 116 Å². The number of carbonyl (C=O) groups is 2. The van der Waals surface area contributed by atoms with Crippen LogP contribution in [0, 0.1) is 17.8 Å². The third-order valence-corrected chi connectivity index (χ3v) is 26.5. The SMILES string of the molecule is C/C=C1\OC(C)(C)OC(O[Si](C)(C)C)=C1C.C=CCO[C@@](C)(C=O)C[C@@H](C)CO[Si](c1ccccc1)(c1ccccc1)C(C)(C)C.C=CCO[C@](C)(C[C@@H](C)CO[Si](c1ccccc1)(c1ccccc1)C(C)(C)C)[C@H](O)[C@@H](C)C1=C(C)C(=O)OC(C)(C)O1. The van der Waals surface area contributed by atoms with Gasteiger partial charge in [0.15, 0.2) is 6.29 Å². The normalized spacial score (nSPS) is 18.5. The summed E-state index contributed by atoms with van der Waals surface area (Å²) in [5.74, 6) is -0.663. The van der Waals surface area contributed by atoms with Gasteiger partial charge in [-0.15, -0.1) is 13.2 Å². The second-order valence-corrected chi connectivity index (χ2v) is 41.0. The van der Waals surface area contributed by atoms with Crippen molar-refractivity contribution in [1.29, 1.82) is 0 Å². The van der Waals surface area contributed by atoms with E-state index in [4.69, 9.17) is 41.7 Å². The number of hydrogen-bond acceptors (Lipinski definition) is 12. The Morgan fingerprint density at radius 1 is 0.580 bits per heavy atom. The number of aliphatic hydroxyl groups excluding tert-OH is 1. The van der Waals surface area contributed by atoms with Crippen molar-refractivity contribution in [3.05, 3.63) is 181 Å². The number of cyclic esters (lactones) is 1. The van der Waals surface area contributed by atoms with Crippen LogP contribution in [-0.2, 0) is 51.3 Å². The average Bonchev–Trinajstić information content (AvgIpc) is 1.34. The molecule has 0 aliphatic carbocycles. The second kappa shape index (κ2) is 31.4. The fourth-order valence-corrected chi connectivity index (χ4v) is 21.9. The van der Waals surface area contributed by atoms with Gasteiger partial charge in [-0.1, -0.05) is 196 Å². The minimum Gasteiger partial charge on any atom is -0.519 e. The first kappa shape index (κ1) is 74.8. The van der Waals surface area contributed by atoms with Crippen molar-refractivity contribution in [2.24, 2.45) is 17.8 Å². The molecule has 6 rings (SSSR count). The highest BCUT2D eigenvalue weighted by molar-refractivity contribution is 7.00. The average molecular weight is 1260 g/mol. The third kappa shape index (κ3) is 19.7. The van der Waals surface area contributed by atoms with Crippen molar-refractivity contribution in [3.63, 3.8) is 0 Å². The second-order valence-electron chi connectivity index (χ2n) is 28.0. The van der Waals surface area contributed by atoms with Crippen LogP contribution in [0.5, 0.6) is 0 Å². The van der Waals surface area contributed by atoms with Gasteiger partial charge in [0.25, 0.3) is 22.6 Å². The highest BCUT2D eigenvalue weighted by atomic mass is 28.4. The lowest BCUT2D eigenvalue weighted by molar-refractivity contribution is -0.216. The molecule has 2 heterocycles. The number of allylic oxidation sites excluding steroid dienone is 2.